The van der Waals surface area contributed by atoms with Gasteiger partial charge in [-0.25, -0.2) is 0 Å². The molecule has 0 aromatic heterocycles. The highest BCUT2D eigenvalue weighted by atomic mass is 79.9. The van der Waals surface area contributed by atoms with Crippen molar-refractivity contribution in [3.05, 3.63) is 34.3 Å². The average molecular weight is 299 g/mol. The van der Waals surface area contributed by atoms with Crippen LogP contribution in [0.25, 0.3) is 0 Å². The van der Waals surface area contributed by atoms with Crippen LogP contribution in [-0.2, 0) is 6.54 Å². The van der Waals surface area contributed by atoms with Crippen molar-refractivity contribution >= 4 is 15.9 Å². The number of rotatable bonds is 6. The Hall–Kier alpha value is -0.380. The molecule has 17 heavy (non-hydrogen) atoms. The molecule has 1 rings (SSSR count). The standard InChI is InChI=1S/C14H23BrN2/c1-14(2,10-16-3)11-17(4)9-12-5-7-13(15)8-6-12/h5-8,16H,9-11H2,1-4H3. The zero-order chi connectivity index (χ0) is 12.9. The fraction of sp³-hybridized carbons (Fsp3) is 0.571. The highest BCUT2D eigenvalue weighted by Gasteiger charge is 2.18. The van der Waals surface area contributed by atoms with E-state index in [1.807, 2.05) is 7.05 Å². The van der Waals surface area contributed by atoms with Gasteiger partial charge in [-0.2, -0.15) is 0 Å². The Morgan fingerprint density at radius 1 is 1.24 bits per heavy atom. The second-order valence-electron chi connectivity index (χ2n) is 5.49. The molecule has 0 fully saturated rings. The van der Waals surface area contributed by atoms with Crippen molar-refractivity contribution in [2.45, 2.75) is 20.4 Å². The van der Waals surface area contributed by atoms with Crippen LogP contribution < -0.4 is 5.32 Å². The van der Waals surface area contributed by atoms with Crippen LogP contribution in [0.2, 0.25) is 0 Å². The summed E-state index contributed by atoms with van der Waals surface area (Å²) in [6.45, 7) is 7.71. The van der Waals surface area contributed by atoms with Gasteiger partial charge in [-0.1, -0.05) is 41.9 Å². The molecule has 0 radical (unpaired) electrons. The second-order valence-corrected chi connectivity index (χ2v) is 6.41. The van der Waals surface area contributed by atoms with E-state index in [1.165, 1.54) is 5.56 Å². The average Bonchev–Trinajstić information content (AvgIpc) is 2.20. The Kier molecular flexibility index (Phi) is 5.63. The summed E-state index contributed by atoms with van der Waals surface area (Å²) in [5, 5.41) is 3.25. The normalized spacial score (nSPS) is 12.1. The van der Waals surface area contributed by atoms with E-state index in [9.17, 15) is 0 Å². The van der Waals surface area contributed by atoms with Gasteiger partial charge in [-0.05, 0) is 37.2 Å². The lowest BCUT2D eigenvalue weighted by atomic mass is 9.93. The fourth-order valence-electron chi connectivity index (χ4n) is 2.22. The Bertz CT molecular complexity index is 333. The van der Waals surface area contributed by atoms with Crippen LogP contribution in [-0.4, -0.2) is 32.1 Å². The zero-order valence-electron chi connectivity index (χ0n) is 11.3. The van der Waals surface area contributed by atoms with E-state index in [1.54, 1.807) is 0 Å². The number of benzene rings is 1. The molecular weight excluding hydrogens is 276 g/mol. The molecule has 3 heteroatoms. The van der Waals surface area contributed by atoms with Crippen LogP contribution in [0.4, 0.5) is 0 Å². The summed E-state index contributed by atoms with van der Waals surface area (Å²) < 4.78 is 1.14. The van der Waals surface area contributed by atoms with Gasteiger partial charge in [-0.15, -0.1) is 0 Å². The Balaban J connectivity index is 2.49. The minimum absolute atomic E-state index is 0.304. The number of hydrogen-bond acceptors (Lipinski definition) is 2. The van der Waals surface area contributed by atoms with Crippen molar-refractivity contribution < 1.29 is 0 Å². The highest BCUT2D eigenvalue weighted by Crippen LogP contribution is 2.17. The molecule has 0 heterocycles. The summed E-state index contributed by atoms with van der Waals surface area (Å²) in [6, 6.07) is 8.54. The van der Waals surface area contributed by atoms with Gasteiger partial charge < -0.3 is 10.2 Å². The first-order chi connectivity index (χ1) is 7.93. The molecule has 0 aliphatic heterocycles. The molecule has 0 aliphatic carbocycles. The first-order valence-corrected chi connectivity index (χ1v) is 6.80. The summed E-state index contributed by atoms with van der Waals surface area (Å²) in [5.41, 5.74) is 1.66. The van der Waals surface area contributed by atoms with Gasteiger partial charge >= 0.3 is 0 Å². The van der Waals surface area contributed by atoms with Crippen molar-refractivity contribution in [1.29, 1.82) is 0 Å². The van der Waals surface area contributed by atoms with Gasteiger partial charge in [0.1, 0.15) is 0 Å². The quantitative estimate of drug-likeness (QED) is 0.868. The third-order valence-corrected chi connectivity index (χ3v) is 3.25. The van der Waals surface area contributed by atoms with Crippen molar-refractivity contribution in [2.24, 2.45) is 5.41 Å². The first-order valence-electron chi connectivity index (χ1n) is 6.00. The molecule has 0 saturated carbocycles. The van der Waals surface area contributed by atoms with E-state index >= 15 is 0 Å². The van der Waals surface area contributed by atoms with Gasteiger partial charge in [-0.3, -0.25) is 0 Å². The monoisotopic (exact) mass is 298 g/mol. The molecule has 0 unspecified atom stereocenters. The minimum Gasteiger partial charge on any atom is -0.319 e. The summed E-state index contributed by atoms with van der Waals surface area (Å²) in [6.07, 6.45) is 0. The van der Waals surface area contributed by atoms with Crippen molar-refractivity contribution in [1.82, 2.24) is 10.2 Å². The molecule has 1 aromatic rings. The summed E-state index contributed by atoms with van der Waals surface area (Å²) in [4.78, 5) is 2.38. The predicted molar refractivity (Wildman–Crippen MR) is 78.2 cm³/mol. The molecule has 0 saturated heterocycles. The van der Waals surface area contributed by atoms with Crippen molar-refractivity contribution in [2.75, 3.05) is 27.2 Å². The molecule has 1 aromatic carbocycles. The maximum Gasteiger partial charge on any atom is 0.0230 e. The summed E-state index contributed by atoms with van der Waals surface area (Å²) in [7, 11) is 4.19. The third-order valence-electron chi connectivity index (χ3n) is 2.72. The molecule has 0 spiro atoms. The van der Waals surface area contributed by atoms with E-state index < -0.39 is 0 Å². The molecule has 0 bridgehead atoms. The molecule has 0 aliphatic rings. The summed E-state index contributed by atoms with van der Waals surface area (Å²) in [5.74, 6) is 0. The molecule has 96 valence electrons. The number of hydrogen-bond donors (Lipinski definition) is 1. The van der Waals surface area contributed by atoms with E-state index in [0.29, 0.717) is 5.41 Å². The van der Waals surface area contributed by atoms with Gasteiger partial charge in [0.05, 0.1) is 0 Å². The van der Waals surface area contributed by atoms with E-state index in [4.69, 9.17) is 0 Å². The zero-order valence-corrected chi connectivity index (χ0v) is 12.8. The largest absolute Gasteiger partial charge is 0.319 e. The maximum absolute atomic E-state index is 3.46. The Morgan fingerprint density at radius 3 is 2.35 bits per heavy atom. The smallest absolute Gasteiger partial charge is 0.0230 e. The van der Waals surface area contributed by atoms with E-state index in [2.05, 4.69) is 71.3 Å². The van der Waals surface area contributed by atoms with Crippen LogP contribution in [0.1, 0.15) is 19.4 Å². The lowest BCUT2D eigenvalue weighted by Gasteiger charge is -2.30. The fourth-order valence-corrected chi connectivity index (χ4v) is 2.49. The SMILES string of the molecule is CNCC(C)(C)CN(C)Cc1ccc(Br)cc1. The second kappa shape index (κ2) is 6.53. The van der Waals surface area contributed by atoms with Crippen LogP contribution >= 0.6 is 15.9 Å². The Morgan fingerprint density at radius 2 is 1.82 bits per heavy atom. The lowest BCUT2D eigenvalue weighted by Crippen LogP contribution is -2.37. The van der Waals surface area contributed by atoms with Crippen LogP contribution in [0, 0.1) is 5.41 Å². The molecule has 0 amide bonds. The highest BCUT2D eigenvalue weighted by molar-refractivity contribution is 9.10. The van der Waals surface area contributed by atoms with Crippen LogP contribution in [0.15, 0.2) is 28.7 Å². The number of halogens is 1. The van der Waals surface area contributed by atoms with Crippen LogP contribution in [0.3, 0.4) is 0 Å². The lowest BCUT2D eigenvalue weighted by molar-refractivity contribution is 0.201. The number of nitrogens with zero attached hydrogens (tertiary/aromatic N) is 1. The number of nitrogens with one attached hydrogen (secondary N) is 1. The topological polar surface area (TPSA) is 15.3 Å². The van der Waals surface area contributed by atoms with Gasteiger partial charge in [0.2, 0.25) is 0 Å². The maximum atomic E-state index is 3.46. The molecule has 0 atom stereocenters. The summed E-state index contributed by atoms with van der Waals surface area (Å²) >= 11 is 3.46. The van der Waals surface area contributed by atoms with Gasteiger partial charge in [0, 0.05) is 24.1 Å². The first kappa shape index (κ1) is 14.7. The van der Waals surface area contributed by atoms with E-state index in [-0.39, 0.29) is 0 Å². The third kappa shape index (κ3) is 5.66. The van der Waals surface area contributed by atoms with Crippen molar-refractivity contribution in [3.63, 3.8) is 0 Å². The van der Waals surface area contributed by atoms with Gasteiger partial charge in [0.15, 0.2) is 0 Å². The Labute approximate surface area is 114 Å². The molecule has 2 nitrogen and oxygen atoms in total. The van der Waals surface area contributed by atoms with Gasteiger partial charge in [0.25, 0.3) is 0 Å². The molecular formula is C14H23BrN2. The minimum atomic E-state index is 0.304. The van der Waals surface area contributed by atoms with Crippen LogP contribution in [0.5, 0.6) is 0 Å². The van der Waals surface area contributed by atoms with E-state index in [0.717, 1.165) is 24.1 Å². The molecule has 1 N–H and O–H groups in total. The predicted octanol–water partition coefficient (Wildman–Crippen LogP) is 3.13. The van der Waals surface area contributed by atoms with Crippen molar-refractivity contribution in [3.8, 4) is 0 Å².